The molecule has 29 heavy (non-hydrogen) atoms. The van der Waals surface area contributed by atoms with E-state index in [2.05, 4.69) is 43.1 Å². The van der Waals surface area contributed by atoms with E-state index in [-0.39, 0.29) is 17.0 Å². The van der Waals surface area contributed by atoms with Crippen LogP contribution in [0.25, 0.3) is 11.5 Å². The van der Waals surface area contributed by atoms with Gasteiger partial charge in [0, 0.05) is 5.56 Å². The Morgan fingerprint density at radius 1 is 1.03 bits per heavy atom. The first-order valence-electron chi connectivity index (χ1n) is 9.14. The Morgan fingerprint density at radius 2 is 1.76 bits per heavy atom. The van der Waals surface area contributed by atoms with Gasteiger partial charge in [0.15, 0.2) is 5.78 Å². The minimum atomic E-state index is -0.111. The van der Waals surface area contributed by atoms with Crippen LogP contribution in [0.15, 0.2) is 52.1 Å². The van der Waals surface area contributed by atoms with Crippen LogP contribution in [0.3, 0.4) is 0 Å². The maximum absolute atomic E-state index is 12.6. The van der Waals surface area contributed by atoms with Crippen LogP contribution < -0.4 is 9.47 Å². The molecule has 6 nitrogen and oxygen atoms in total. The van der Waals surface area contributed by atoms with Crippen LogP contribution >= 0.6 is 11.8 Å². The largest absolute Gasteiger partial charge is 0.497 e. The number of ether oxygens (including phenoxy) is 2. The van der Waals surface area contributed by atoms with Crippen molar-refractivity contribution in [1.82, 2.24) is 10.2 Å². The quantitative estimate of drug-likeness (QED) is 0.398. The van der Waals surface area contributed by atoms with Gasteiger partial charge in [-0.05, 0) is 41.3 Å². The van der Waals surface area contributed by atoms with Crippen LogP contribution in [0, 0.1) is 0 Å². The molecule has 0 bridgehead atoms. The number of Topliss-reactive ketones (excluding diaryl/α,β-unsaturated/α-hetero) is 1. The molecular weight excluding hydrogens is 388 g/mol. The van der Waals surface area contributed by atoms with Crippen molar-refractivity contribution in [3.05, 3.63) is 53.6 Å². The first kappa shape index (κ1) is 20.9. The number of hydrogen-bond acceptors (Lipinski definition) is 7. The van der Waals surface area contributed by atoms with Crippen LogP contribution in [0.5, 0.6) is 11.5 Å². The second kappa shape index (κ2) is 8.69. The number of ketones is 1. The fourth-order valence-corrected chi connectivity index (χ4v) is 3.38. The number of hydrogen-bond donors (Lipinski definition) is 0. The fraction of sp³-hybridized carbons (Fsp3) is 0.318. The van der Waals surface area contributed by atoms with Gasteiger partial charge in [0.25, 0.3) is 5.22 Å². The van der Waals surface area contributed by atoms with Gasteiger partial charge >= 0.3 is 0 Å². The Hall–Kier alpha value is -2.80. The Balaban J connectivity index is 1.69. The second-order valence-corrected chi connectivity index (χ2v) is 8.41. The summed E-state index contributed by atoms with van der Waals surface area (Å²) in [6.07, 6.45) is 0. The van der Waals surface area contributed by atoms with E-state index in [9.17, 15) is 4.79 Å². The van der Waals surface area contributed by atoms with E-state index in [0.29, 0.717) is 28.2 Å². The number of nitrogens with zero attached hydrogens (tertiary/aromatic N) is 2. The van der Waals surface area contributed by atoms with E-state index in [1.807, 2.05) is 12.1 Å². The normalized spacial score (nSPS) is 11.3. The maximum atomic E-state index is 12.6. The van der Waals surface area contributed by atoms with Crippen LogP contribution in [-0.2, 0) is 5.41 Å². The van der Waals surface area contributed by atoms with Gasteiger partial charge in [0.05, 0.1) is 25.5 Å². The van der Waals surface area contributed by atoms with Crippen molar-refractivity contribution in [1.29, 1.82) is 0 Å². The van der Waals surface area contributed by atoms with Crippen molar-refractivity contribution < 1.29 is 18.7 Å². The molecule has 2 aromatic carbocycles. The third-order valence-corrected chi connectivity index (χ3v) is 5.26. The minimum absolute atomic E-state index is 0.0793. The van der Waals surface area contributed by atoms with E-state index in [1.165, 1.54) is 24.4 Å². The zero-order chi connectivity index (χ0) is 21.0. The molecule has 0 atom stereocenters. The highest BCUT2D eigenvalue weighted by Crippen LogP contribution is 2.29. The van der Waals surface area contributed by atoms with Crippen LogP contribution in [0.1, 0.15) is 36.7 Å². The lowest BCUT2D eigenvalue weighted by molar-refractivity contribution is 0.101. The number of thioether (sulfide) groups is 1. The predicted octanol–water partition coefficient (Wildman–Crippen LogP) is 5.03. The van der Waals surface area contributed by atoms with Gasteiger partial charge in [0.1, 0.15) is 11.5 Å². The summed E-state index contributed by atoms with van der Waals surface area (Å²) in [5, 5.41) is 8.48. The number of aromatic nitrogens is 2. The molecule has 0 N–H and O–H groups in total. The summed E-state index contributed by atoms with van der Waals surface area (Å²) in [6, 6.07) is 13.2. The van der Waals surface area contributed by atoms with Crippen LogP contribution in [0.2, 0.25) is 0 Å². The molecule has 152 valence electrons. The molecule has 0 amide bonds. The van der Waals surface area contributed by atoms with Crippen molar-refractivity contribution in [2.45, 2.75) is 31.4 Å². The Morgan fingerprint density at radius 3 is 2.38 bits per heavy atom. The molecule has 7 heteroatoms. The molecule has 3 aromatic rings. The smallest absolute Gasteiger partial charge is 0.277 e. The molecule has 0 saturated carbocycles. The standard InChI is InChI=1S/C22H24N2O4S/c1-22(2,3)15-8-6-14(7-9-15)20-23-24-21(28-20)29-13-18(25)17-12-16(26-4)10-11-19(17)27-5/h6-12H,13H2,1-5H3. The van der Waals surface area contributed by atoms with Crippen LogP contribution in [0.4, 0.5) is 0 Å². The molecule has 0 spiro atoms. The Kier molecular flexibility index (Phi) is 6.27. The molecule has 0 aliphatic carbocycles. The summed E-state index contributed by atoms with van der Waals surface area (Å²) in [4.78, 5) is 12.6. The van der Waals surface area contributed by atoms with Gasteiger partial charge in [-0.2, -0.15) is 0 Å². The van der Waals surface area contributed by atoms with Gasteiger partial charge in [-0.1, -0.05) is 44.7 Å². The van der Waals surface area contributed by atoms with E-state index >= 15 is 0 Å². The van der Waals surface area contributed by atoms with Crippen LogP contribution in [-0.4, -0.2) is 36.0 Å². The highest BCUT2D eigenvalue weighted by atomic mass is 32.2. The SMILES string of the molecule is COc1ccc(OC)c(C(=O)CSc2nnc(-c3ccc(C(C)(C)C)cc3)o2)c1. The maximum Gasteiger partial charge on any atom is 0.277 e. The molecule has 0 radical (unpaired) electrons. The molecule has 0 fully saturated rings. The Bertz CT molecular complexity index is 991. The average molecular weight is 413 g/mol. The van der Waals surface area contributed by atoms with Crippen molar-refractivity contribution in [3.63, 3.8) is 0 Å². The van der Waals surface area contributed by atoms with Crippen molar-refractivity contribution in [2.75, 3.05) is 20.0 Å². The molecular formula is C22H24N2O4S. The third-order valence-electron chi connectivity index (χ3n) is 4.44. The number of methoxy groups -OCH3 is 2. The zero-order valence-electron chi connectivity index (χ0n) is 17.2. The number of carbonyl (C=O) groups is 1. The lowest BCUT2D eigenvalue weighted by Gasteiger charge is -2.18. The van der Waals surface area contributed by atoms with Crippen molar-refractivity contribution >= 4 is 17.5 Å². The number of rotatable bonds is 7. The molecule has 0 unspecified atom stereocenters. The van der Waals surface area contributed by atoms with Gasteiger partial charge < -0.3 is 13.9 Å². The first-order valence-corrected chi connectivity index (χ1v) is 10.1. The monoisotopic (exact) mass is 412 g/mol. The summed E-state index contributed by atoms with van der Waals surface area (Å²) in [7, 11) is 3.08. The van der Waals surface area contributed by atoms with Gasteiger partial charge in [0.2, 0.25) is 5.89 Å². The van der Waals surface area contributed by atoms with E-state index in [1.54, 1.807) is 25.3 Å². The van der Waals surface area contributed by atoms with Gasteiger partial charge in [-0.3, -0.25) is 4.79 Å². The predicted molar refractivity (Wildman–Crippen MR) is 113 cm³/mol. The molecule has 0 aliphatic heterocycles. The summed E-state index contributed by atoms with van der Waals surface area (Å²) >= 11 is 1.19. The summed E-state index contributed by atoms with van der Waals surface area (Å²) in [5.41, 5.74) is 2.61. The molecule has 0 aliphatic rings. The lowest BCUT2D eigenvalue weighted by Crippen LogP contribution is -2.10. The molecule has 1 aromatic heterocycles. The molecule has 1 heterocycles. The number of carbonyl (C=O) groups excluding carboxylic acids is 1. The lowest BCUT2D eigenvalue weighted by atomic mass is 9.87. The van der Waals surface area contributed by atoms with E-state index in [0.717, 1.165) is 5.56 Å². The van der Waals surface area contributed by atoms with E-state index < -0.39 is 0 Å². The average Bonchev–Trinajstić information content (AvgIpc) is 3.20. The second-order valence-electron chi connectivity index (χ2n) is 7.48. The van der Waals surface area contributed by atoms with Gasteiger partial charge in [-0.25, -0.2) is 0 Å². The minimum Gasteiger partial charge on any atom is -0.497 e. The zero-order valence-corrected chi connectivity index (χ0v) is 18.0. The number of benzene rings is 2. The van der Waals surface area contributed by atoms with Gasteiger partial charge in [-0.15, -0.1) is 10.2 Å². The summed E-state index contributed by atoms with van der Waals surface area (Å²) in [5.74, 6) is 1.56. The Labute approximate surface area is 174 Å². The topological polar surface area (TPSA) is 74.5 Å². The summed E-state index contributed by atoms with van der Waals surface area (Å²) < 4.78 is 16.2. The van der Waals surface area contributed by atoms with Crippen molar-refractivity contribution in [3.8, 4) is 23.0 Å². The highest BCUT2D eigenvalue weighted by Gasteiger charge is 2.17. The van der Waals surface area contributed by atoms with Crippen molar-refractivity contribution in [2.24, 2.45) is 0 Å². The highest BCUT2D eigenvalue weighted by molar-refractivity contribution is 7.99. The molecule has 0 saturated heterocycles. The fourth-order valence-electron chi connectivity index (χ4n) is 2.73. The van der Waals surface area contributed by atoms with E-state index in [4.69, 9.17) is 13.9 Å². The first-order chi connectivity index (χ1) is 13.8. The molecule has 3 rings (SSSR count). The summed E-state index contributed by atoms with van der Waals surface area (Å²) in [6.45, 7) is 6.49. The third kappa shape index (κ3) is 4.98.